The molecule has 0 bridgehead atoms. The van der Waals surface area contributed by atoms with Crippen LogP contribution in [0.2, 0.25) is 0 Å². The molecule has 0 spiro atoms. The summed E-state index contributed by atoms with van der Waals surface area (Å²) in [6.45, 7) is 3.17. The summed E-state index contributed by atoms with van der Waals surface area (Å²) in [4.78, 5) is 2.37. The summed E-state index contributed by atoms with van der Waals surface area (Å²) in [5.74, 6) is -0.139. The fourth-order valence-corrected chi connectivity index (χ4v) is 2.31. The first kappa shape index (κ1) is 11.6. The quantitative estimate of drug-likeness (QED) is 0.841. The average molecular weight is 222 g/mol. The molecule has 1 aliphatic heterocycles. The van der Waals surface area contributed by atoms with Crippen molar-refractivity contribution in [1.29, 1.82) is 0 Å². The van der Waals surface area contributed by atoms with Gasteiger partial charge in [0.15, 0.2) is 0 Å². The van der Waals surface area contributed by atoms with E-state index in [0.29, 0.717) is 6.42 Å². The molecular weight excluding hydrogens is 203 g/mol. The lowest BCUT2D eigenvalue weighted by Crippen LogP contribution is -2.37. The zero-order valence-corrected chi connectivity index (χ0v) is 9.53. The zero-order chi connectivity index (χ0) is 11.4. The highest BCUT2D eigenvalue weighted by molar-refractivity contribution is 5.18. The average Bonchev–Trinajstić information content (AvgIpc) is 2.74. The lowest BCUT2D eigenvalue weighted by molar-refractivity contribution is 0.312. The molecule has 1 aromatic carbocycles. The van der Waals surface area contributed by atoms with Crippen LogP contribution in [-0.4, -0.2) is 30.6 Å². The van der Waals surface area contributed by atoms with Crippen LogP contribution in [0.15, 0.2) is 24.3 Å². The van der Waals surface area contributed by atoms with Crippen LogP contribution in [0.4, 0.5) is 4.39 Å². The van der Waals surface area contributed by atoms with Crippen LogP contribution in [0.1, 0.15) is 18.4 Å². The summed E-state index contributed by atoms with van der Waals surface area (Å²) < 4.78 is 13.4. The summed E-state index contributed by atoms with van der Waals surface area (Å²) in [5.41, 5.74) is 6.78. The summed E-state index contributed by atoms with van der Waals surface area (Å²) in [6.07, 6.45) is 3.17. The molecule has 2 N–H and O–H groups in total. The van der Waals surface area contributed by atoms with Gasteiger partial charge in [-0.2, -0.15) is 0 Å². The summed E-state index contributed by atoms with van der Waals surface area (Å²) in [5, 5.41) is 0. The van der Waals surface area contributed by atoms with Crippen molar-refractivity contribution in [3.63, 3.8) is 0 Å². The Labute approximate surface area is 96.2 Å². The Morgan fingerprint density at radius 3 is 2.62 bits per heavy atom. The number of nitrogens with two attached hydrogens (primary N) is 1. The number of benzene rings is 1. The van der Waals surface area contributed by atoms with Gasteiger partial charge >= 0.3 is 0 Å². The van der Waals surface area contributed by atoms with E-state index in [1.165, 1.54) is 18.9 Å². The molecule has 88 valence electrons. The van der Waals surface area contributed by atoms with Crippen molar-refractivity contribution in [1.82, 2.24) is 4.90 Å². The second-order valence-corrected chi connectivity index (χ2v) is 4.56. The van der Waals surface area contributed by atoms with Crippen LogP contribution >= 0.6 is 0 Å². The van der Waals surface area contributed by atoms with Crippen molar-refractivity contribution >= 4 is 0 Å². The van der Waals surface area contributed by atoms with Crippen LogP contribution in [0, 0.1) is 5.82 Å². The van der Waals surface area contributed by atoms with E-state index in [-0.39, 0.29) is 11.9 Å². The van der Waals surface area contributed by atoms with E-state index < -0.39 is 0 Å². The molecule has 3 heteroatoms. The number of hydrogen-bond acceptors (Lipinski definition) is 2. The van der Waals surface area contributed by atoms with Gasteiger partial charge in [0.2, 0.25) is 0 Å². The predicted octanol–water partition coefficient (Wildman–Crippen LogP) is 1.79. The van der Waals surface area contributed by atoms with Crippen molar-refractivity contribution in [2.24, 2.45) is 5.73 Å². The summed E-state index contributed by atoms with van der Waals surface area (Å²) >= 11 is 0. The van der Waals surface area contributed by atoms with Gasteiger partial charge in [-0.05, 0) is 44.0 Å². The van der Waals surface area contributed by atoms with Crippen LogP contribution in [0.25, 0.3) is 0 Å². The van der Waals surface area contributed by atoms with Gasteiger partial charge in [0.05, 0.1) is 0 Å². The molecule has 0 aliphatic carbocycles. The number of nitrogens with zero attached hydrogens (tertiary/aromatic N) is 1. The summed E-state index contributed by atoms with van der Waals surface area (Å²) in [6, 6.07) is 6.93. The molecule has 1 heterocycles. The third-order valence-corrected chi connectivity index (χ3v) is 3.13. The molecule has 16 heavy (non-hydrogen) atoms. The van der Waals surface area contributed by atoms with Gasteiger partial charge in [0, 0.05) is 12.6 Å². The minimum atomic E-state index is -0.139. The van der Waals surface area contributed by atoms with Crippen molar-refractivity contribution < 1.29 is 4.39 Å². The van der Waals surface area contributed by atoms with Gasteiger partial charge in [-0.1, -0.05) is 18.2 Å². The standard InChI is InChI=1S/C13H19FN2/c14-13-6-2-1-5-11(13)9-12(15)10-16-7-3-4-8-16/h1-2,5-6,12H,3-4,7-10,15H2. The molecule has 0 saturated carbocycles. The van der Waals surface area contributed by atoms with Crippen molar-refractivity contribution in [3.05, 3.63) is 35.6 Å². The van der Waals surface area contributed by atoms with Gasteiger partial charge < -0.3 is 10.6 Å². The van der Waals surface area contributed by atoms with E-state index in [1.54, 1.807) is 6.07 Å². The second kappa shape index (κ2) is 5.41. The van der Waals surface area contributed by atoms with E-state index in [4.69, 9.17) is 5.73 Å². The van der Waals surface area contributed by atoms with E-state index in [0.717, 1.165) is 25.2 Å². The van der Waals surface area contributed by atoms with Crippen LogP contribution in [-0.2, 0) is 6.42 Å². The third kappa shape index (κ3) is 3.03. The first-order valence-electron chi connectivity index (χ1n) is 5.97. The normalized spacial score (nSPS) is 18.9. The Balaban J connectivity index is 1.86. The lowest BCUT2D eigenvalue weighted by Gasteiger charge is -2.20. The van der Waals surface area contributed by atoms with Gasteiger partial charge in [-0.15, -0.1) is 0 Å². The first-order valence-corrected chi connectivity index (χ1v) is 5.97. The fraction of sp³-hybridized carbons (Fsp3) is 0.538. The molecule has 1 saturated heterocycles. The Hall–Kier alpha value is -0.930. The lowest BCUT2D eigenvalue weighted by atomic mass is 10.1. The minimum Gasteiger partial charge on any atom is -0.326 e. The highest BCUT2D eigenvalue weighted by atomic mass is 19.1. The highest BCUT2D eigenvalue weighted by Crippen LogP contribution is 2.11. The maximum absolute atomic E-state index is 13.4. The molecule has 0 radical (unpaired) electrons. The Bertz CT molecular complexity index is 334. The largest absolute Gasteiger partial charge is 0.326 e. The molecule has 0 amide bonds. The molecular formula is C13H19FN2. The molecule has 1 aliphatic rings. The number of rotatable bonds is 4. The third-order valence-electron chi connectivity index (χ3n) is 3.13. The maximum atomic E-state index is 13.4. The molecule has 1 unspecified atom stereocenters. The molecule has 0 aromatic heterocycles. The number of hydrogen-bond donors (Lipinski definition) is 1. The minimum absolute atomic E-state index is 0.0370. The van der Waals surface area contributed by atoms with Gasteiger partial charge in [0.25, 0.3) is 0 Å². The smallest absolute Gasteiger partial charge is 0.126 e. The van der Waals surface area contributed by atoms with E-state index in [9.17, 15) is 4.39 Å². The topological polar surface area (TPSA) is 29.3 Å². The predicted molar refractivity (Wildman–Crippen MR) is 63.8 cm³/mol. The van der Waals surface area contributed by atoms with E-state index >= 15 is 0 Å². The zero-order valence-electron chi connectivity index (χ0n) is 9.53. The molecule has 2 nitrogen and oxygen atoms in total. The van der Waals surface area contributed by atoms with Crippen molar-refractivity contribution in [2.75, 3.05) is 19.6 Å². The van der Waals surface area contributed by atoms with Gasteiger partial charge in [-0.3, -0.25) is 0 Å². The fourth-order valence-electron chi connectivity index (χ4n) is 2.31. The second-order valence-electron chi connectivity index (χ2n) is 4.56. The number of halogens is 1. The Morgan fingerprint density at radius 1 is 1.25 bits per heavy atom. The Morgan fingerprint density at radius 2 is 1.94 bits per heavy atom. The van der Waals surface area contributed by atoms with E-state index in [2.05, 4.69) is 4.90 Å². The van der Waals surface area contributed by atoms with Crippen molar-refractivity contribution in [2.45, 2.75) is 25.3 Å². The molecule has 1 fully saturated rings. The highest BCUT2D eigenvalue weighted by Gasteiger charge is 2.15. The van der Waals surface area contributed by atoms with Crippen LogP contribution in [0.3, 0.4) is 0 Å². The number of likely N-dealkylation sites (tertiary alicyclic amines) is 1. The van der Waals surface area contributed by atoms with Crippen molar-refractivity contribution in [3.8, 4) is 0 Å². The Kier molecular flexibility index (Phi) is 3.91. The van der Waals surface area contributed by atoms with Crippen LogP contribution in [0.5, 0.6) is 0 Å². The molecule has 1 aromatic rings. The molecule has 1 atom stereocenters. The van der Waals surface area contributed by atoms with E-state index in [1.807, 2.05) is 12.1 Å². The van der Waals surface area contributed by atoms with Gasteiger partial charge in [0.1, 0.15) is 5.82 Å². The SMILES string of the molecule is NC(Cc1ccccc1F)CN1CCCC1. The summed E-state index contributed by atoms with van der Waals surface area (Å²) in [7, 11) is 0. The molecule has 2 rings (SSSR count). The van der Waals surface area contributed by atoms with Gasteiger partial charge in [-0.25, -0.2) is 4.39 Å². The van der Waals surface area contributed by atoms with Crippen LogP contribution < -0.4 is 5.73 Å². The maximum Gasteiger partial charge on any atom is 0.126 e. The first-order chi connectivity index (χ1) is 7.75. The monoisotopic (exact) mass is 222 g/mol.